The van der Waals surface area contributed by atoms with Crippen molar-refractivity contribution in [2.75, 3.05) is 10.6 Å². The molecule has 0 aromatic heterocycles. The molecule has 0 unspecified atom stereocenters. The van der Waals surface area contributed by atoms with Gasteiger partial charge >= 0.3 is 5.97 Å². The average Bonchev–Trinajstić information content (AvgIpc) is 2.54. The summed E-state index contributed by atoms with van der Waals surface area (Å²) in [6.07, 6.45) is 0.302. The number of anilines is 2. The Morgan fingerprint density at radius 2 is 1.60 bits per heavy atom. The van der Waals surface area contributed by atoms with E-state index in [4.69, 9.17) is 16.7 Å². The van der Waals surface area contributed by atoms with Crippen molar-refractivity contribution >= 4 is 40.8 Å². The number of nitrogens with one attached hydrogen (secondary N) is 2. The number of hydrogen-bond donors (Lipinski definition) is 3. The summed E-state index contributed by atoms with van der Waals surface area (Å²) in [5.74, 6) is -1.56. The van der Waals surface area contributed by atoms with Crippen LogP contribution in [0.2, 0.25) is 5.02 Å². The summed E-state index contributed by atoms with van der Waals surface area (Å²) >= 11 is 5.88. The quantitative estimate of drug-likeness (QED) is 0.700. The second-order valence-electron chi connectivity index (χ2n) is 5.34. The van der Waals surface area contributed by atoms with Gasteiger partial charge in [0.2, 0.25) is 5.91 Å². The summed E-state index contributed by atoms with van der Waals surface area (Å²) in [6.45, 7) is 0. The van der Waals surface area contributed by atoms with E-state index in [9.17, 15) is 14.4 Å². The summed E-state index contributed by atoms with van der Waals surface area (Å²) < 4.78 is 0. The monoisotopic (exact) mass is 360 g/mol. The van der Waals surface area contributed by atoms with E-state index in [0.29, 0.717) is 22.0 Å². The molecule has 0 bridgehead atoms. The highest BCUT2D eigenvalue weighted by Crippen LogP contribution is 2.17. The SMILES string of the molecule is O=C(O)CCCC(=O)Nc1cccc(C(=O)Nc2cccc(Cl)c2)c1. The first-order chi connectivity index (χ1) is 11.9. The summed E-state index contributed by atoms with van der Waals surface area (Å²) in [5, 5.41) is 14.5. The second-order valence-corrected chi connectivity index (χ2v) is 5.78. The van der Waals surface area contributed by atoms with Gasteiger partial charge in [-0.3, -0.25) is 14.4 Å². The van der Waals surface area contributed by atoms with Crippen LogP contribution in [0.25, 0.3) is 0 Å². The van der Waals surface area contributed by atoms with Crippen LogP contribution in [0.3, 0.4) is 0 Å². The van der Waals surface area contributed by atoms with E-state index in [1.165, 1.54) is 0 Å². The summed E-state index contributed by atoms with van der Waals surface area (Å²) in [4.78, 5) is 34.5. The van der Waals surface area contributed by atoms with Gasteiger partial charge in [-0.05, 0) is 42.8 Å². The zero-order valence-corrected chi connectivity index (χ0v) is 14.0. The molecule has 0 heterocycles. The topological polar surface area (TPSA) is 95.5 Å². The zero-order chi connectivity index (χ0) is 18.2. The maximum atomic E-state index is 12.3. The fourth-order valence-electron chi connectivity index (χ4n) is 2.13. The van der Waals surface area contributed by atoms with Crippen molar-refractivity contribution in [1.29, 1.82) is 0 Å². The molecule has 0 aliphatic carbocycles. The smallest absolute Gasteiger partial charge is 0.303 e. The second kappa shape index (κ2) is 8.84. The minimum Gasteiger partial charge on any atom is -0.481 e. The number of benzene rings is 2. The van der Waals surface area contributed by atoms with Gasteiger partial charge in [0.25, 0.3) is 5.91 Å². The number of carbonyl (C=O) groups is 3. The Morgan fingerprint density at radius 1 is 0.920 bits per heavy atom. The molecular formula is C18H17ClN2O4. The number of carbonyl (C=O) groups excluding carboxylic acids is 2. The molecule has 25 heavy (non-hydrogen) atoms. The molecule has 2 rings (SSSR count). The first-order valence-corrected chi connectivity index (χ1v) is 8.00. The molecule has 2 amide bonds. The van der Waals surface area contributed by atoms with Gasteiger partial charge in [-0.2, -0.15) is 0 Å². The number of amides is 2. The molecule has 0 aliphatic heterocycles. The highest BCUT2D eigenvalue weighted by molar-refractivity contribution is 6.31. The lowest BCUT2D eigenvalue weighted by Gasteiger charge is -2.08. The van der Waals surface area contributed by atoms with Gasteiger partial charge in [0.1, 0.15) is 0 Å². The fraction of sp³-hybridized carbons (Fsp3) is 0.167. The van der Waals surface area contributed by atoms with Crippen LogP contribution in [0.5, 0.6) is 0 Å². The Morgan fingerprint density at radius 3 is 2.28 bits per heavy atom. The molecule has 0 saturated heterocycles. The van der Waals surface area contributed by atoms with Gasteiger partial charge in [-0.15, -0.1) is 0 Å². The van der Waals surface area contributed by atoms with Gasteiger partial charge in [-0.25, -0.2) is 0 Å². The number of hydrogen-bond acceptors (Lipinski definition) is 3. The molecule has 2 aromatic rings. The van der Waals surface area contributed by atoms with Crippen LogP contribution in [0.15, 0.2) is 48.5 Å². The maximum absolute atomic E-state index is 12.3. The highest BCUT2D eigenvalue weighted by atomic mass is 35.5. The third kappa shape index (κ3) is 6.27. The van der Waals surface area contributed by atoms with Crippen LogP contribution in [0, 0.1) is 0 Å². The third-order valence-electron chi connectivity index (χ3n) is 3.29. The molecule has 7 heteroatoms. The number of aliphatic carboxylic acids is 1. The molecule has 130 valence electrons. The molecule has 0 atom stereocenters. The van der Waals surface area contributed by atoms with Crippen LogP contribution in [0.4, 0.5) is 11.4 Å². The maximum Gasteiger partial charge on any atom is 0.303 e. The Bertz CT molecular complexity index is 792. The van der Waals surface area contributed by atoms with Crippen molar-refractivity contribution in [3.05, 3.63) is 59.1 Å². The van der Waals surface area contributed by atoms with Crippen molar-refractivity contribution in [1.82, 2.24) is 0 Å². The largest absolute Gasteiger partial charge is 0.481 e. The molecule has 0 spiro atoms. The number of rotatable bonds is 7. The van der Waals surface area contributed by atoms with Gasteiger partial charge in [0.05, 0.1) is 0 Å². The Hall–Kier alpha value is -2.86. The van der Waals surface area contributed by atoms with E-state index < -0.39 is 5.97 Å². The van der Waals surface area contributed by atoms with Crippen LogP contribution in [0.1, 0.15) is 29.6 Å². The van der Waals surface area contributed by atoms with Crippen LogP contribution < -0.4 is 10.6 Å². The van der Waals surface area contributed by atoms with E-state index in [-0.39, 0.29) is 31.1 Å². The van der Waals surface area contributed by atoms with E-state index in [2.05, 4.69) is 10.6 Å². The minimum absolute atomic E-state index is 0.0600. The summed E-state index contributed by atoms with van der Waals surface area (Å²) in [6, 6.07) is 13.3. The van der Waals surface area contributed by atoms with Gasteiger partial charge in [0.15, 0.2) is 0 Å². The first-order valence-electron chi connectivity index (χ1n) is 7.62. The molecule has 3 N–H and O–H groups in total. The molecule has 6 nitrogen and oxygen atoms in total. The first kappa shape index (κ1) is 18.5. The summed E-state index contributed by atoms with van der Waals surface area (Å²) in [5.41, 5.74) is 1.42. The highest BCUT2D eigenvalue weighted by Gasteiger charge is 2.09. The van der Waals surface area contributed by atoms with E-state index in [1.54, 1.807) is 48.5 Å². The van der Waals surface area contributed by atoms with E-state index >= 15 is 0 Å². The molecule has 0 saturated carbocycles. The average molecular weight is 361 g/mol. The molecule has 0 aliphatic rings. The van der Waals surface area contributed by atoms with Crippen molar-refractivity contribution in [2.45, 2.75) is 19.3 Å². The molecule has 0 radical (unpaired) electrons. The van der Waals surface area contributed by atoms with Gasteiger partial charge < -0.3 is 15.7 Å². The van der Waals surface area contributed by atoms with Crippen LogP contribution >= 0.6 is 11.6 Å². The van der Waals surface area contributed by atoms with Crippen molar-refractivity contribution in [3.8, 4) is 0 Å². The molecule has 0 fully saturated rings. The van der Waals surface area contributed by atoms with Crippen LogP contribution in [-0.4, -0.2) is 22.9 Å². The Balaban J connectivity index is 1.96. The van der Waals surface area contributed by atoms with Crippen molar-refractivity contribution in [3.63, 3.8) is 0 Å². The standard InChI is InChI=1S/C18H17ClN2O4/c19-13-5-2-7-15(11-13)21-18(25)12-4-1-6-14(10-12)20-16(22)8-3-9-17(23)24/h1-2,4-7,10-11H,3,8-9H2,(H,20,22)(H,21,25)(H,23,24). The lowest BCUT2D eigenvalue weighted by Crippen LogP contribution is -2.14. The fourth-order valence-corrected chi connectivity index (χ4v) is 2.32. The normalized spacial score (nSPS) is 10.1. The van der Waals surface area contributed by atoms with Crippen molar-refractivity contribution in [2.24, 2.45) is 0 Å². The van der Waals surface area contributed by atoms with E-state index in [1.807, 2.05) is 0 Å². The molecular weight excluding hydrogens is 344 g/mol. The predicted octanol–water partition coefficient (Wildman–Crippen LogP) is 3.79. The predicted molar refractivity (Wildman–Crippen MR) is 96.0 cm³/mol. The zero-order valence-electron chi connectivity index (χ0n) is 13.3. The van der Waals surface area contributed by atoms with Gasteiger partial charge in [-0.1, -0.05) is 23.7 Å². The van der Waals surface area contributed by atoms with Crippen LogP contribution in [-0.2, 0) is 9.59 Å². The number of carboxylic acid groups (broad SMARTS) is 1. The molecule has 2 aromatic carbocycles. The lowest BCUT2D eigenvalue weighted by molar-refractivity contribution is -0.137. The van der Waals surface area contributed by atoms with Crippen molar-refractivity contribution < 1.29 is 19.5 Å². The van der Waals surface area contributed by atoms with Gasteiger partial charge in [0, 0.05) is 34.8 Å². The third-order valence-corrected chi connectivity index (χ3v) is 3.52. The van der Waals surface area contributed by atoms with E-state index in [0.717, 1.165) is 0 Å². The summed E-state index contributed by atoms with van der Waals surface area (Å²) in [7, 11) is 0. The minimum atomic E-state index is -0.938. The number of halogens is 1. The Labute approximate surface area is 149 Å². The number of carboxylic acids is 1. The Kier molecular flexibility index (Phi) is 6.54. The lowest BCUT2D eigenvalue weighted by atomic mass is 10.1.